The molecular weight excluding hydrogens is 554 g/mol. The van der Waals surface area contributed by atoms with Gasteiger partial charge in [0.25, 0.3) is 0 Å². The van der Waals surface area contributed by atoms with E-state index < -0.39 is 47.3 Å². The van der Waals surface area contributed by atoms with Gasteiger partial charge in [-0.15, -0.1) is 0 Å². The number of pyridine rings is 1. The predicted molar refractivity (Wildman–Crippen MR) is 148 cm³/mol. The summed E-state index contributed by atoms with van der Waals surface area (Å²) < 4.78 is 75.1. The van der Waals surface area contributed by atoms with Crippen LogP contribution in [0.1, 0.15) is 73.1 Å². The van der Waals surface area contributed by atoms with E-state index in [2.05, 4.69) is 4.98 Å². The number of aryl methyl sites for hydroxylation is 1. The Balaban J connectivity index is 1.53. The molecule has 0 radical (unpaired) electrons. The third-order valence-corrected chi connectivity index (χ3v) is 8.02. The normalized spacial score (nSPS) is 17.5. The fraction of sp³-hybridized carbons (Fsp3) is 0.438. The summed E-state index contributed by atoms with van der Waals surface area (Å²) in [7, 11) is 1.42. The summed E-state index contributed by atoms with van der Waals surface area (Å²) in [5, 5.41) is 11.3. The summed E-state index contributed by atoms with van der Waals surface area (Å²) in [4.78, 5) is 17.4. The van der Waals surface area contributed by atoms with Crippen LogP contribution in [0, 0.1) is 12.7 Å². The molecule has 1 aromatic heterocycles. The van der Waals surface area contributed by atoms with E-state index in [1.54, 1.807) is 6.07 Å². The van der Waals surface area contributed by atoms with Gasteiger partial charge in [0.2, 0.25) is 5.60 Å². The molecule has 0 spiro atoms. The van der Waals surface area contributed by atoms with Crippen LogP contribution in [0.5, 0.6) is 17.2 Å². The summed E-state index contributed by atoms with van der Waals surface area (Å²) >= 11 is 0. The maximum Gasteiger partial charge on any atom is 0.422 e. The number of aliphatic hydroxyl groups is 1. The highest BCUT2D eigenvalue weighted by Gasteiger charge is 2.56. The van der Waals surface area contributed by atoms with E-state index in [4.69, 9.17) is 14.2 Å². The van der Waals surface area contributed by atoms with Gasteiger partial charge < -0.3 is 19.3 Å². The number of nitrogens with zero attached hydrogens (tertiary/aromatic N) is 1. The Morgan fingerprint density at radius 3 is 2.50 bits per heavy atom. The van der Waals surface area contributed by atoms with Crippen LogP contribution in [-0.2, 0) is 11.0 Å². The highest BCUT2D eigenvalue weighted by Crippen LogP contribution is 2.49. The Labute approximate surface area is 241 Å². The average molecular weight is 588 g/mol. The number of aromatic nitrogens is 1. The molecule has 42 heavy (non-hydrogen) atoms. The molecule has 1 unspecified atom stereocenters. The van der Waals surface area contributed by atoms with Crippen molar-refractivity contribution >= 4 is 5.78 Å². The van der Waals surface area contributed by atoms with E-state index in [1.807, 2.05) is 13.8 Å². The first-order valence-electron chi connectivity index (χ1n) is 13.9. The van der Waals surface area contributed by atoms with Gasteiger partial charge in [-0.3, -0.25) is 4.79 Å². The average Bonchev–Trinajstić information content (AvgIpc) is 3.76. The largest absolute Gasteiger partial charge is 0.493 e. The fourth-order valence-electron chi connectivity index (χ4n) is 5.08. The van der Waals surface area contributed by atoms with Crippen molar-refractivity contribution in [2.24, 2.45) is 0 Å². The number of ketones is 1. The first kappa shape index (κ1) is 29.8. The number of carbonyl (C=O) groups is 1. The van der Waals surface area contributed by atoms with Crippen molar-refractivity contribution in [3.63, 3.8) is 0 Å². The molecule has 3 aromatic rings. The second-order valence-electron chi connectivity index (χ2n) is 11.6. The van der Waals surface area contributed by atoms with Crippen LogP contribution >= 0.6 is 0 Å². The number of carbonyl (C=O) groups excluding carboxylic acids is 1. The smallest absolute Gasteiger partial charge is 0.422 e. The number of fused-ring (bicyclic) bond motifs is 1. The van der Waals surface area contributed by atoms with Crippen LogP contribution in [0.3, 0.4) is 0 Å². The van der Waals surface area contributed by atoms with Crippen molar-refractivity contribution in [1.29, 1.82) is 0 Å². The molecule has 5 rings (SSSR count). The molecule has 0 saturated heterocycles. The molecule has 1 saturated carbocycles. The minimum absolute atomic E-state index is 0.0726. The lowest BCUT2D eigenvalue weighted by Crippen LogP contribution is -2.44. The van der Waals surface area contributed by atoms with Crippen molar-refractivity contribution in [1.82, 2.24) is 4.98 Å². The first-order chi connectivity index (χ1) is 19.7. The second kappa shape index (κ2) is 10.9. The van der Waals surface area contributed by atoms with Gasteiger partial charge in [-0.2, -0.15) is 13.2 Å². The van der Waals surface area contributed by atoms with E-state index in [9.17, 15) is 27.5 Å². The molecule has 1 N–H and O–H groups in total. The Kier molecular flexibility index (Phi) is 7.72. The maximum atomic E-state index is 14.7. The molecular formula is C32H33F4NO5. The number of hydrogen-bond donors (Lipinski definition) is 1. The van der Waals surface area contributed by atoms with E-state index in [0.717, 1.165) is 12.8 Å². The molecule has 1 aliphatic heterocycles. The highest BCUT2D eigenvalue weighted by atomic mass is 19.4. The van der Waals surface area contributed by atoms with Crippen LogP contribution < -0.4 is 14.2 Å². The Morgan fingerprint density at radius 1 is 1.12 bits per heavy atom. The number of rotatable bonds is 9. The van der Waals surface area contributed by atoms with Crippen molar-refractivity contribution in [3.05, 3.63) is 70.7 Å². The number of benzene rings is 2. The van der Waals surface area contributed by atoms with Crippen LogP contribution in [-0.4, -0.2) is 41.9 Å². The van der Waals surface area contributed by atoms with E-state index >= 15 is 0 Å². The van der Waals surface area contributed by atoms with Crippen LogP contribution in [0.15, 0.2) is 42.5 Å². The van der Waals surface area contributed by atoms with Crippen molar-refractivity contribution < 1.29 is 41.7 Å². The first-order valence-corrected chi connectivity index (χ1v) is 13.9. The van der Waals surface area contributed by atoms with Crippen LogP contribution in [0.4, 0.5) is 17.6 Å². The lowest BCUT2D eigenvalue weighted by atomic mass is 9.77. The number of ether oxygens (including phenoxy) is 3. The molecule has 1 fully saturated rings. The lowest BCUT2D eigenvalue weighted by Gasteiger charge is -2.36. The molecule has 0 amide bonds. The van der Waals surface area contributed by atoms with Crippen molar-refractivity contribution in [3.8, 4) is 28.5 Å². The molecule has 2 aromatic carbocycles. The third kappa shape index (κ3) is 5.69. The van der Waals surface area contributed by atoms with Gasteiger partial charge >= 0.3 is 6.18 Å². The van der Waals surface area contributed by atoms with Crippen molar-refractivity contribution in [2.45, 2.75) is 76.2 Å². The van der Waals surface area contributed by atoms with Gasteiger partial charge in [-0.05, 0) is 86.1 Å². The summed E-state index contributed by atoms with van der Waals surface area (Å²) in [6, 6.07) is 9.79. The Hall–Kier alpha value is -3.66. The fourth-order valence-corrected chi connectivity index (χ4v) is 5.08. The maximum absolute atomic E-state index is 14.7. The third-order valence-electron chi connectivity index (χ3n) is 8.02. The summed E-state index contributed by atoms with van der Waals surface area (Å²) in [6.07, 6.45) is -4.30. The van der Waals surface area contributed by atoms with Crippen LogP contribution in [0.2, 0.25) is 0 Å². The van der Waals surface area contributed by atoms with E-state index in [-0.39, 0.29) is 22.9 Å². The molecule has 2 heterocycles. The SMILES string of the molecule is COc1cc(C(=O)CCC(O)(c2cc3c(c(-c4ccc(F)c(C)c4)n2)OCCC3(C)C)C(F)(F)F)ccc1OC1CC1. The van der Waals surface area contributed by atoms with E-state index in [0.29, 0.717) is 41.4 Å². The lowest BCUT2D eigenvalue weighted by molar-refractivity contribution is -0.270. The summed E-state index contributed by atoms with van der Waals surface area (Å²) in [5.74, 6) is -0.0297. The monoisotopic (exact) mass is 587 g/mol. The second-order valence-corrected chi connectivity index (χ2v) is 11.6. The number of methoxy groups -OCH3 is 1. The molecule has 1 atom stereocenters. The quantitative estimate of drug-likeness (QED) is 0.210. The van der Waals surface area contributed by atoms with Gasteiger partial charge in [-0.1, -0.05) is 13.8 Å². The van der Waals surface area contributed by atoms with Gasteiger partial charge in [0.15, 0.2) is 17.3 Å². The topological polar surface area (TPSA) is 77.9 Å². The number of halogens is 4. The number of alkyl halides is 3. The summed E-state index contributed by atoms with van der Waals surface area (Å²) in [5.41, 5.74) is -3.41. The molecule has 224 valence electrons. The molecule has 6 nitrogen and oxygen atoms in total. The van der Waals surface area contributed by atoms with E-state index in [1.165, 1.54) is 50.4 Å². The minimum Gasteiger partial charge on any atom is -0.493 e. The number of Topliss-reactive ketones (excluding diaryl/α,β-unsaturated/α-hetero) is 1. The molecule has 0 bridgehead atoms. The standard InChI is InChI=1S/C32H33F4NO5/c1-18-15-20(5-9-23(18)33)28-29-22(30(2,3)13-14-41-29)17-27(37-28)31(39,32(34,35)36)12-11-24(38)19-6-10-25(26(16-19)40-4)42-21-7-8-21/h5-6,9-10,15-17,21,39H,7-8,11-14H2,1-4H3. The Bertz CT molecular complexity index is 1520. The molecule has 1 aliphatic carbocycles. The van der Waals surface area contributed by atoms with Crippen LogP contribution in [0.25, 0.3) is 11.3 Å². The molecule has 10 heteroatoms. The number of hydrogen-bond acceptors (Lipinski definition) is 6. The predicted octanol–water partition coefficient (Wildman–Crippen LogP) is 7.22. The van der Waals surface area contributed by atoms with Gasteiger partial charge in [0.1, 0.15) is 17.3 Å². The Morgan fingerprint density at radius 2 is 1.86 bits per heavy atom. The summed E-state index contributed by atoms with van der Waals surface area (Å²) in [6.45, 7) is 5.60. The minimum atomic E-state index is -5.16. The van der Waals surface area contributed by atoms with Crippen molar-refractivity contribution in [2.75, 3.05) is 13.7 Å². The zero-order valence-electron chi connectivity index (χ0n) is 23.9. The zero-order valence-corrected chi connectivity index (χ0v) is 23.9. The van der Waals surface area contributed by atoms with Gasteiger partial charge in [-0.25, -0.2) is 9.37 Å². The zero-order chi connectivity index (χ0) is 30.4. The molecule has 2 aliphatic rings. The highest BCUT2D eigenvalue weighted by molar-refractivity contribution is 5.96. The van der Waals surface area contributed by atoms with Gasteiger partial charge in [0.05, 0.1) is 25.5 Å². The van der Waals surface area contributed by atoms with Gasteiger partial charge in [0, 0.05) is 23.1 Å².